The van der Waals surface area contributed by atoms with Gasteiger partial charge in [0.2, 0.25) is 0 Å². The van der Waals surface area contributed by atoms with Gasteiger partial charge in [0.15, 0.2) is 0 Å². The largest absolute Gasteiger partial charge is 0.463 e. The van der Waals surface area contributed by atoms with Gasteiger partial charge in [-0.3, -0.25) is 0 Å². The van der Waals surface area contributed by atoms with E-state index in [0.29, 0.717) is 12.5 Å². The van der Waals surface area contributed by atoms with Crippen LogP contribution in [0.2, 0.25) is 0 Å². The van der Waals surface area contributed by atoms with E-state index in [-0.39, 0.29) is 5.97 Å². The summed E-state index contributed by atoms with van der Waals surface area (Å²) >= 11 is 0. The van der Waals surface area contributed by atoms with Crippen molar-refractivity contribution in [1.82, 2.24) is 5.32 Å². The Morgan fingerprint density at radius 2 is 2.24 bits per heavy atom. The topological polar surface area (TPSA) is 38.3 Å². The van der Waals surface area contributed by atoms with Crippen molar-refractivity contribution in [1.29, 1.82) is 0 Å². The summed E-state index contributed by atoms with van der Waals surface area (Å²) in [6, 6.07) is 10.4. The first-order chi connectivity index (χ1) is 8.29. The lowest BCUT2D eigenvalue weighted by Crippen LogP contribution is -2.09. The van der Waals surface area contributed by atoms with Gasteiger partial charge in [-0.2, -0.15) is 0 Å². The lowest BCUT2D eigenvalue weighted by Gasteiger charge is -2.06. The van der Waals surface area contributed by atoms with Gasteiger partial charge < -0.3 is 10.1 Å². The fourth-order valence-corrected chi connectivity index (χ4v) is 2.06. The van der Waals surface area contributed by atoms with Gasteiger partial charge in [-0.1, -0.05) is 30.3 Å². The Kier molecular flexibility index (Phi) is 3.81. The number of ether oxygens (including phenoxy) is 1. The Morgan fingerprint density at radius 1 is 1.47 bits per heavy atom. The highest BCUT2D eigenvalue weighted by molar-refractivity contribution is 5.82. The van der Waals surface area contributed by atoms with Gasteiger partial charge in [-0.05, 0) is 18.9 Å². The van der Waals surface area contributed by atoms with Gasteiger partial charge in [0.1, 0.15) is 0 Å². The van der Waals surface area contributed by atoms with Crippen LogP contribution < -0.4 is 5.32 Å². The number of benzene rings is 1. The van der Waals surface area contributed by atoms with Crippen molar-refractivity contribution in [2.45, 2.75) is 19.3 Å². The highest BCUT2D eigenvalue weighted by Crippen LogP contribution is 2.27. The van der Waals surface area contributed by atoms with Crippen LogP contribution in [0.5, 0.6) is 0 Å². The number of hydrogen-bond donors (Lipinski definition) is 1. The second-order valence-corrected chi connectivity index (χ2v) is 4.11. The maximum atomic E-state index is 11.3. The van der Waals surface area contributed by atoms with E-state index in [1.165, 1.54) is 5.56 Å². The molecule has 1 atom stereocenters. The predicted octanol–water partition coefficient (Wildman–Crippen LogP) is 2.21. The first-order valence-corrected chi connectivity index (χ1v) is 5.95. The Labute approximate surface area is 101 Å². The van der Waals surface area contributed by atoms with E-state index in [1.54, 1.807) is 6.08 Å². The number of rotatable bonds is 3. The molecule has 1 heterocycles. The standard InChI is InChI=1S/C14H17NO2/c1-2-17-14(16)9-13-8-12(10-15-13)11-6-4-3-5-7-11/h3-7,9,12,15H,2,8,10H2,1H3. The molecule has 0 aromatic heterocycles. The molecule has 1 saturated heterocycles. The molecule has 3 nitrogen and oxygen atoms in total. The lowest BCUT2D eigenvalue weighted by molar-refractivity contribution is -0.137. The van der Waals surface area contributed by atoms with E-state index in [9.17, 15) is 4.79 Å². The molecule has 17 heavy (non-hydrogen) atoms. The van der Waals surface area contributed by atoms with E-state index in [1.807, 2.05) is 25.1 Å². The molecule has 0 aliphatic carbocycles. The Balaban J connectivity index is 1.98. The van der Waals surface area contributed by atoms with Crippen molar-refractivity contribution in [2.75, 3.05) is 13.2 Å². The molecule has 1 aliphatic heterocycles. The van der Waals surface area contributed by atoms with Gasteiger partial charge >= 0.3 is 5.97 Å². The van der Waals surface area contributed by atoms with Gasteiger partial charge in [0, 0.05) is 24.2 Å². The predicted molar refractivity (Wildman–Crippen MR) is 66.5 cm³/mol. The number of allylic oxidation sites excluding steroid dienone is 1. The van der Waals surface area contributed by atoms with Crippen molar-refractivity contribution < 1.29 is 9.53 Å². The minimum absolute atomic E-state index is 0.260. The fraction of sp³-hybridized carbons (Fsp3) is 0.357. The average molecular weight is 231 g/mol. The molecule has 0 saturated carbocycles. The number of esters is 1. The molecule has 1 fully saturated rings. The average Bonchev–Trinajstić information content (AvgIpc) is 2.79. The zero-order valence-electron chi connectivity index (χ0n) is 9.98. The zero-order chi connectivity index (χ0) is 12.1. The summed E-state index contributed by atoms with van der Waals surface area (Å²) in [5.41, 5.74) is 2.28. The van der Waals surface area contributed by atoms with Crippen LogP contribution >= 0.6 is 0 Å². The monoisotopic (exact) mass is 231 g/mol. The van der Waals surface area contributed by atoms with Crippen LogP contribution in [0.15, 0.2) is 42.1 Å². The first-order valence-electron chi connectivity index (χ1n) is 5.95. The molecule has 0 spiro atoms. The van der Waals surface area contributed by atoms with E-state index in [0.717, 1.165) is 18.7 Å². The van der Waals surface area contributed by atoms with Crippen molar-refractivity contribution in [3.8, 4) is 0 Å². The molecule has 0 bridgehead atoms. The van der Waals surface area contributed by atoms with E-state index in [2.05, 4.69) is 17.4 Å². The Bertz CT molecular complexity index is 411. The summed E-state index contributed by atoms with van der Waals surface area (Å²) in [6.07, 6.45) is 2.44. The summed E-state index contributed by atoms with van der Waals surface area (Å²) in [7, 11) is 0. The minimum Gasteiger partial charge on any atom is -0.463 e. The van der Waals surface area contributed by atoms with Crippen LogP contribution in [0.25, 0.3) is 0 Å². The molecule has 2 rings (SSSR count). The van der Waals surface area contributed by atoms with Gasteiger partial charge in [-0.25, -0.2) is 4.79 Å². The number of carbonyl (C=O) groups excluding carboxylic acids is 1. The molecular weight excluding hydrogens is 214 g/mol. The van der Waals surface area contributed by atoms with E-state index in [4.69, 9.17) is 4.74 Å². The molecule has 3 heteroatoms. The third-order valence-electron chi connectivity index (χ3n) is 2.89. The SMILES string of the molecule is CCOC(=O)C=C1CC(c2ccccc2)CN1. The van der Waals surface area contributed by atoms with Crippen molar-refractivity contribution in [3.63, 3.8) is 0 Å². The maximum absolute atomic E-state index is 11.3. The van der Waals surface area contributed by atoms with Crippen molar-refractivity contribution in [3.05, 3.63) is 47.7 Å². The van der Waals surface area contributed by atoms with Crippen LogP contribution in [0, 0.1) is 0 Å². The van der Waals surface area contributed by atoms with Crippen LogP contribution in [0.1, 0.15) is 24.8 Å². The fourth-order valence-electron chi connectivity index (χ4n) is 2.06. The molecule has 0 amide bonds. The summed E-state index contributed by atoms with van der Waals surface area (Å²) < 4.78 is 4.89. The van der Waals surface area contributed by atoms with Crippen LogP contribution in [0.3, 0.4) is 0 Å². The molecule has 1 N–H and O–H groups in total. The smallest absolute Gasteiger partial charge is 0.332 e. The van der Waals surface area contributed by atoms with Crippen LogP contribution in [-0.4, -0.2) is 19.1 Å². The number of nitrogens with one attached hydrogen (secondary N) is 1. The highest BCUT2D eigenvalue weighted by atomic mass is 16.5. The van der Waals surface area contributed by atoms with Crippen LogP contribution in [0.4, 0.5) is 0 Å². The zero-order valence-corrected chi connectivity index (χ0v) is 9.98. The Morgan fingerprint density at radius 3 is 2.94 bits per heavy atom. The number of carbonyl (C=O) groups is 1. The molecule has 90 valence electrons. The third kappa shape index (κ3) is 3.09. The number of hydrogen-bond acceptors (Lipinski definition) is 3. The molecule has 0 radical (unpaired) electrons. The second-order valence-electron chi connectivity index (χ2n) is 4.11. The van der Waals surface area contributed by atoms with Crippen LogP contribution in [-0.2, 0) is 9.53 Å². The maximum Gasteiger partial charge on any atom is 0.332 e. The Hall–Kier alpha value is -1.77. The molecule has 1 aromatic carbocycles. The highest BCUT2D eigenvalue weighted by Gasteiger charge is 2.20. The normalized spacial score (nSPS) is 21.2. The van der Waals surface area contributed by atoms with E-state index < -0.39 is 0 Å². The summed E-state index contributed by atoms with van der Waals surface area (Å²) in [4.78, 5) is 11.3. The molecule has 1 aliphatic rings. The van der Waals surface area contributed by atoms with Crippen molar-refractivity contribution in [2.24, 2.45) is 0 Å². The molecule has 1 unspecified atom stereocenters. The summed E-state index contributed by atoms with van der Waals surface area (Å²) in [5.74, 6) is 0.195. The minimum atomic E-state index is -0.260. The quantitative estimate of drug-likeness (QED) is 0.640. The van der Waals surface area contributed by atoms with Gasteiger partial charge in [-0.15, -0.1) is 0 Å². The lowest BCUT2D eigenvalue weighted by atomic mass is 9.98. The first kappa shape index (κ1) is 11.7. The second kappa shape index (κ2) is 5.53. The van der Waals surface area contributed by atoms with Crippen molar-refractivity contribution >= 4 is 5.97 Å². The molecular formula is C14H17NO2. The summed E-state index contributed by atoms with van der Waals surface area (Å²) in [5, 5.41) is 3.25. The van der Waals surface area contributed by atoms with Gasteiger partial charge in [0.05, 0.1) is 6.61 Å². The third-order valence-corrected chi connectivity index (χ3v) is 2.89. The van der Waals surface area contributed by atoms with E-state index >= 15 is 0 Å². The summed E-state index contributed by atoms with van der Waals surface area (Å²) in [6.45, 7) is 3.12. The molecule has 1 aromatic rings. The van der Waals surface area contributed by atoms with Gasteiger partial charge in [0.25, 0.3) is 0 Å².